The minimum Gasteiger partial charge on any atom is -0.348 e. The molecule has 1 atom stereocenters. The van der Waals surface area contributed by atoms with Gasteiger partial charge in [-0.1, -0.05) is 18.2 Å². The summed E-state index contributed by atoms with van der Waals surface area (Å²) in [5.74, 6) is -2.92. The molecule has 1 heterocycles. The Hall–Kier alpha value is -2.21. The van der Waals surface area contributed by atoms with Crippen molar-refractivity contribution in [2.75, 3.05) is 32.5 Å². The molecule has 2 amide bonds. The highest BCUT2D eigenvalue weighted by molar-refractivity contribution is 6.44. The van der Waals surface area contributed by atoms with E-state index in [9.17, 15) is 14.4 Å². The molecule has 0 spiro atoms. The minimum atomic E-state index is -1.04. The number of hydrogen-bond donors (Lipinski definition) is 2. The summed E-state index contributed by atoms with van der Waals surface area (Å²) in [7, 11) is 3.74. The molecule has 6 heteroatoms. The smallest absolute Gasteiger partial charge is 0.288 e. The number of fused-ring (bicyclic) bond motifs is 1. The molecule has 1 aromatic rings. The molecule has 0 bridgehead atoms. The minimum absolute atomic E-state index is 0.369. The number of nitrogens with zero attached hydrogens (tertiary/aromatic N) is 1. The number of carbonyl (C=O) groups is 3. The molecule has 20 heavy (non-hydrogen) atoms. The number of benzene rings is 1. The van der Waals surface area contributed by atoms with Crippen LogP contribution >= 0.6 is 0 Å². The molecule has 0 saturated heterocycles. The third kappa shape index (κ3) is 2.85. The van der Waals surface area contributed by atoms with Crippen LogP contribution in [0.1, 0.15) is 11.5 Å². The Balaban J connectivity index is 2.06. The van der Waals surface area contributed by atoms with Crippen LogP contribution in [0.2, 0.25) is 0 Å². The van der Waals surface area contributed by atoms with Gasteiger partial charge in [0, 0.05) is 18.8 Å². The Morgan fingerprint density at radius 1 is 1.30 bits per heavy atom. The maximum Gasteiger partial charge on any atom is 0.288 e. The monoisotopic (exact) mass is 275 g/mol. The van der Waals surface area contributed by atoms with Crippen LogP contribution < -0.4 is 10.6 Å². The van der Waals surface area contributed by atoms with E-state index in [-0.39, 0.29) is 0 Å². The van der Waals surface area contributed by atoms with Crippen LogP contribution in [0, 0.1) is 0 Å². The second-order valence-electron chi connectivity index (χ2n) is 4.93. The summed E-state index contributed by atoms with van der Waals surface area (Å²) in [5.41, 5.74) is 1.15. The van der Waals surface area contributed by atoms with E-state index in [1.165, 1.54) is 0 Å². The first kappa shape index (κ1) is 14.2. The van der Waals surface area contributed by atoms with E-state index in [1.807, 2.05) is 19.0 Å². The van der Waals surface area contributed by atoms with Gasteiger partial charge in [-0.15, -0.1) is 0 Å². The van der Waals surface area contributed by atoms with Gasteiger partial charge in [-0.05, 0) is 25.7 Å². The van der Waals surface area contributed by atoms with Crippen LogP contribution in [-0.2, 0) is 14.4 Å². The largest absolute Gasteiger partial charge is 0.348 e. The van der Waals surface area contributed by atoms with Crippen LogP contribution in [0.15, 0.2) is 24.3 Å². The second kappa shape index (κ2) is 5.83. The molecule has 0 fully saturated rings. The zero-order chi connectivity index (χ0) is 14.7. The molecule has 0 saturated carbocycles. The van der Waals surface area contributed by atoms with Crippen molar-refractivity contribution in [1.29, 1.82) is 0 Å². The number of carbonyl (C=O) groups excluding carboxylic acids is 3. The first-order valence-corrected chi connectivity index (χ1v) is 6.37. The highest BCUT2D eigenvalue weighted by atomic mass is 16.2. The van der Waals surface area contributed by atoms with Crippen molar-refractivity contribution in [2.45, 2.75) is 5.92 Å². The molecular weight excluding hydrogens is 258 g/mol. The fourth-order valence-corrected chi connectivity index (χ4v) is 2.08. The van der Waals surface area contributed by atoms with Gasteiger partial charge in [0.2, 0.25) is 11.7 Å². The average molecular weight is 275 g/mol. The lowest BCUT2D eigenvalue weighted by Gasteiger charge is -2.11. The summed E-state index contributed by atoms with van der Waals surface area (Å²) < 4.78 is 0. The van der Waals surface area contributed by atoms with Crippen LogP contribution in [0.3, 0.4) is 0 Å². The standard InChI is InChI=1S/C14H17N3O3/c1-17(2)8-7-15-14(20)12(18)11-9-5-3-4-6-10(9)16-13(11)19/h3-6,11H,7-8H2,1-2H3,(H,15,20)(H,16,19)/t11-/m0/s1. The predicted octanol–water partition coefficient (Wildman–Crippen LogP) is -0.0308. The summed E-state index contributed by atoms with van der Waals surface area (Å²) >= 11 is 0. The molecule has 0 aliphatic carbocycles. The topological polar surface area (TPSA) is 78.5 Å². The lowest BCUT2D eigenvalue weighted by molar-refractivity contribution is -0.140. The SMILES string of the molecule is CN(C)CCNC(=O)C(=O)[C@H]1C(=O)Nc2ccccc21. The van der Waals surface area contributed by atoms with Crippen molar-refractivity contribution in [3.05, 3.63) is 29.8 Å². The predicted molar refractivity (Wildman–Crippen MR) is 74.4 cm³/mol. The zero-order valence-electron chi connectivity index (χ0n) is 11.5. The Morgan fingerprint density at radius 2 is 2.00 bits per heavy atom. The highest BCUT2D eigenvalue weighted by Crippen LogP contribution is 2.32. The van der Waals surface area contributed by atoms with Crippen LogP contribution in [0.4, 0.5) is 5.69 Å². The lowest BCUT2D eigenvalue weighted by atomic mass is 9.96. The first-order chi connectivity index (χ1) is 9.50. The van der Waals surface area contributed by atoms with Crippen LogP contribution in [0.25, 0.3) is 0 Å². The summed E-state index contributed by atoms with van der Waals surface area (Å²) in [6.07, 6.45) is 0. The fourth-order valence-electron chi connectivity index (χ4n) is 2.08. The van der Waals surface area contributed by atoms with Gasteiger partial charge < -0.3 is 15.5 Å². The lowest BCUT2D eigenvalue weighted by Crippen LogP contribution is -2.39. The zero-order valence-corrected chi connectivity index (χ0v) is 11.5. The van der Waals surface area contributed by atoms with Crippen molar-refractivity contribution in [1.82, 2.24) is 10.2 Å². The first-order valence-electron chi connectivity index (χ1n) is 6.37. The van der Waals surface area contributed by atoms with E-state index in [1.54, 1.807) is 24.3 Å². The molecule has 2 rings (SSSR count). The number of hydrogen-bond acceptors (Lipinski definition) is 4. The van der Waals surface area contributed by atoms with Crippen molar-refractivity contribution in [2.24, 2.45) is 0 Å². The quantitative estimate of drug-likeness (QED) is 0.584. The summed E-state index contributed by atoms with van der Waals surface area (Å²) in [6, 6.07) is 6.90. The van der Waals surface area contributed by atoms with Gasteiger partial charge in [0.25, 0.3) is 5.91 Å². The number of nitrogens with one attached hydrogen (secondary N) is 2. The van der Waals surface area contributed by atoms with E-state index in [2.05, 4.69) is 10.6 Å². The van der Waals surface area contributed by atoms with Crippen LogP contribution in [-0.4, -0.2) is 49.7 Å². The van der Waals surface area contributed by atoms with E-state index < -0.39 is 23.5 Å². The van der Waals surface area contributed by atoms with E-state index in [4.69, 9.17) is 0 Å². The summed E-state index contributed by atoms with van der Waals surface area (Å²) in [4.78, 5) is 37.6. The maximum atomic E-state index is 12.1. The molecule has 2 N–H and O–H groups in total. The molecule has 1 aliphatic rings. The number of ketones is 1. The van der Waals surface area contributed by atoms with Gasteiger partial charge in [0.05, 0.1) is 0 Å². The molecule has 1 aliphatic heterocycles. The Labute approximate surface area is 117 Å². The van der Waals surface area contributed by atoms with Crippen molar-refractivity contribution in [3.8, 4) is 0 Å². The van der Waals surface area contributed by atoms with Gasteiger partial charge in [0.1, 0.15) is 5.92 Å². The Morgan fingerprint density at radius 3 is 2.70 bits per heavy atom. The van der Waals surface area contributed by atoms with Gasteiger partial charge in [-0.3, -0.25) is 14.4 Å². The highest BCUT2D eigenvalue weighted by Gasteiger charge is 2.39. The molecule has 6 nitrogen and oxygen atoms in total. The van der Waals surface area contributed by atoms with Gasteiger partial charge >= 0.3 is 0 Å². The fraction of sp³-hybridized carbons (Fsp3) is 0.357. The maximum absolute atomic E-state index is 12.1. The molecule has 1 aromatic carbocycles. The third-order valence-corrected chi connectivity index (χ3v) is 3.12. The number of rotatable bonds is 5. The average Bonchev–Trinajstić information content (AvgIpc) is 2.73. The van der Waals surface area contributed by atoms with Crippen molar-refractivity contribution >= 4 is 23.3 Å². The normalized spacial score (nSPS) is 16.8. The van der Waals surface area contributed by atoms with Crippen molar-refractivity contribution in [3.63, 3.8) is 0 Å². The number of amides is 2. The number of likely N-dealkylation sites (N-methyl/N-ethyl adjacent to an activating group) is 1. The molecule has 0 unspecified atom stereocenters. The van der Waals surface area contributed by atoms with Crippen molar-refractivity contribution < 1.29 is 14.4 Å². The Bertz CT molecular complexity index is 554. The van der Waals surface area contributed by atoms with E-state index >= 15 is 0 Å². The second-order valence-corrected chi connectivity index (χ2v) is 4.93. The van der Waals surface area contributed by atoms with Crippen LogP contribution in [0.5, 0.6) is 0 Å². The molecule has 0 radical (unpaired) electrons. The third-order valence-electron chi connectivity index (χ3n) is 3.12. The van der Waals surface area contributed by atoms with E-state index in [0.29, 0.717) is 24.3 Å². The summed E-state index contributed by atoms with van der Waals surface area (Å²) in [5, 5.41) is 5.14. The van der Waals surface area contributed by atoms with Gasteiger partial charge in [-0.2, -0.15) is 0 Å². The number of para-hydroxylation sites is 1. The number of Topliss-reactive ketones (excluding diaryl/α,β-unsaturated/α-hetero) is 1. The van der Waals surface area contributed by atoms with Gasteiger partial charge in [-0.25, -0.2) is 0 Å². The molecular formula is C14H17N3O3. The van der Waals surface area contributed by atoms with Gasteiger partial charge in [0.15, 0.2) is 0 Å². The van der Waals surface area contributed by atoms with E-state index in [0.717, 1.165) is 0 Å². The molecule has 0 aromatic heterocycles. The number of anilines is 1. The summed E-state index contributed by atoms with van der Waals surface area (Å²) in [6.45, 7) is 1.00. The molecule has 106 valence electrons. The Kier molecular flexibility index (Phi) is 4.14.